The maximum atomic E-state index is 12.6. The van der Waals surface area contributed by atoms with Crippen molar-refractivity contribution in [3.8, 4) is 5.69 Å². The van der Waals surface area contributed by atoms with Gasteiger partial charge in [-0.15, -0.1) is 12.4 Å². The highest BCUT2D eigenvalue weighted by atomic mass is 35.5. The molecular weight excluding hydrogens is 336 g/mol. The third kappa shape index (κ3) is 3.58. The Morgan fingerprint density at radius 1 is 1.32 bits per heavy atom. The van der Waals surface area contributed by atoms with E-state index in [2.05, 4.69) is 41.6 Å². The Kier molecular flexibility index (Phi) is 5.16. The molecule has 2 aliphatic rings. The van der Waals surface area contributed by atoms with Crippen molar-refractivity contribution in [3.05, 3.63) is 46.8 Å². The molecule has 1 heterocycles. The maximum Gasteiger partial charge on any atom is 0.272 e. The van der Waals surface area contributed by atoms with Crippen LogP contribution in [0.1, 0.15) is 46.6 Å². The van der Waals surface area contributed by atoms with Crippen LogP contribution in [-0.2, 0) is 12.8 Å². The summed E-state index contributed by atoms with van der Waals surface area (Å²) in [6.45, 7) is 2.61. The minimum absolute atomic E-state index is 0. The molecule has 1 amide bonds. The van der Waals surface area contributed by atoms with Crippen LogP contribution in [0.15, 0.2) is 24.3 Å². The minimum atomic E-state index is -0.0879. The zero-order chi connectivity index (χ0) is 16.7. The Balaban J connectivity index is 0.00000182. The summed E-state index contributed by atoms with van der Waals surface area (Å²) in [5.74, 6) is 0.497. The van der Waals surface area contributed by atoms with Crippen LogP contribution >= 0.6 is 12.4 Å². The number of fused-ring (bicyclic) bond motifs is 1. The molecular formula is C19H25ClN4O. The van der Waals surface area contributed by atoms with Crippen LogP contribution < -0.4 is 11.1 Å². The van der Waals surface area contributed by atoms with Gasteiger partial charge < -0.3 is 11.1 Å². The average molecular weight is 361 g/mol. The van der Waals surface area contributed by atoms with Gasteiger partial charge in [0.2, 0.25) is 0 Å². The highest BCUT2D eigenvalue weighted by Crippen LogP contribution is 2.31. The highest BCUT2D eigenvalue weighted by Gasteiger charge is 2.30. The summed E-state index contributed by atoms with van der Waals surface area (Å²) in [5.41, 5.74) is 11.2. The molecule has 1 aromatic carbocycles. The van der Waals surface area contributed by atoms with Gasteiger partial charge in [-0.25, -0.2) is 4.68 Å². The number of nitrogens with one attached hydrogen (secondary N) is 1. The molecule has 0 saturated heterocycles. The zero-order valence-electron chi connectivity index (χ0n) is 14.5. The first-order chi connectivity index (χ1) is 11.6. The highest BCUT2D eigenvalue weighted by molar-refractivity contribution is 5.94. The number of aromatic nitrogens is 2. The molecule has 2 aliphatic carbocycles. The van der Waals surface area contributed by atoms with E-state index in [4.69, 9.17) is 5.73 Å². The van der Waals surface area contributed by atoms with Crippen molar-refractivity contribution < 1.29 is 4.79 Å². The van der Waals surface area contributed by atoms with Gasteiger partial charge in [-0.1, -0.05) is 17.7 Å². The van der Waals surface area contributed by atoms with Crippen molar-refractivity contribution >= 4 is 18.3 Å². The Hall–Kier alpha value is -1.85. The Morgan fingerprint density at radius 2 is 2.04 bits per heavy atom. The van der Waals surface area contributed by atoms with E-state index in [1.165, 1.54) is 24.1 Å². The Morgan fingerprint density at radius 3 is 2.72 bits per heavy atom. The fourth-order valence-corrected chi connectivity index (χ4v) is 3.50. The smallest absolute Gasteiger partial charge is 0.272 e. The van der Waals surface area contributed by atoms with E-state index in [-0.39, 0.29) is 24.4 Å². The number of carbonyl (C=O) groups is 1. The van der Waals surface area contributed by atoms with E-state index in [0.29, 0.717) is 18.2 Å². The molecule has 0 bridgehead atoms. The maximum absolute atomic E-state index is 12.6. The predicted molar refractivity (Wildman–Crippen MR) is 101 cm³/mol. The lowest BCUT2D eigenvalue weighted by Gasteiger charge is -2.11. The molecule has 0 spiro atoms. The number of rotatable bonds is 5. The van der Waals surface area contributed by atoms with Gasteiger partial charge in [-0.2, -0.15) is 5.10 Å². The molecule has 1 atom stereocenters. The number of aryl methyl sites for hydroxylation is 1. The number of halogens is 1. The van der Waals surface area contributed by atoms with Crippen molar-refractivity contribution in [2.24, 2.45) is 11.7 Å². The van der Waals surface area contributed by atoms with Crippen LogP contribution in [-0.4, -0.2) is 28.3 Å². The number of benzene rings is 1. The second-order valence-electron chi connectivity index (χ2n) is 7.09. The average Bonchev–Trinajstić information content (AvgIpc) is 3.22. The number of hydrogen-bond donors (Lipinski definition) is 2. The van der Waals surface area contributed by atoms with Crippen molar-refractivity contribution in [2.75, 3.05) is 6.54 Å². The first kappa shape index (κ1) is 18.0. The van der Waals surface area contributed by atoms with E-state index >= 15 is 0 Å². The Bertz CT molecular complexity index is 764. The van der Waals surface area contributed by atoms with E-state index in [1.54, 1.807) is 0 Å². The third-order valence-corrected chi connectivity index (χ3v) is 5.15. The normalized spacial score (nSPS) is 16.9. The van der Waals surface area contributed by atoms with Gasteiger partial charge >= 0.3 is 0 Å². The molecule has 4 rings (SSSR count). The quantitative estimate of drug-likeness (QED) is 0.860. The number of nitrogens with zero attached hydrogens (tertiary/aromatic N) is 2. The summed E-state index contributed by atoms with van der Waals surface area (Å²) < 4.78 is 1.94. The fraction of sp³-hybridized carbons (Fsp3) is 0.474. The molecule has 1 fully saturated rings. The van der Waals surface area contributed by atoms with Crippen LogP contribution in [0.2, 0.25) is 0 Å². The molecule has 1 saturated carbocycles. The van der Waals surface area contributed by atoms with E-state index < -0.39 is 0 Å². The van der Waals surface area contributed by atoms with Crippen LogP contribution in [0.4, 0.5) is 0 Å². The van der Waals surface area contributed by atoms with E-state index in [0.717, 1.165) is 30.5 Å². The summed E-state index contributed by atoms with van der Waals surface area (Å²) in [6.07, 6.45) is 5.37. The molecule has 25 heavy (non-hydrogen) atoms. The van der Waals surface area contributed by atoms with E-state index in [1.807, 2.05) is 4.68 Å². The molecule has 2 aromatic rings. The lowest BCUT2D eigenvalue weighted by Crippen LogP contribution is -2.39. The summed E-state index contributed by atoms with van der Waals surface area (Å²) in [5, 5.41) is 7.62. The summed E-state index contributed by atoms with van der Waals surface area (Å²) in [7, 11) is 0. The van der Waals surface area contributed by atoms with Gasteiger partial charge in [0.25, 0.3) is 5.91 Å². The van der Waals surface area contributed by atoms with Crippen molar-refractivity contribution in [3.63, 3.8) is 0 Å². The topological polar surface area (TPSA) is 72.9 Å². The van der Waals surface area contributed by atoms with Gasteiger partial charge in [-0.05, 0) is 57.1 Å². The SMILES string of the molecule is Cc1ccc(-n2nc(C(=O)NCC(N)C3CC3)c3c2CCC3)cc1.Cl. The lowest BCUT2D eigenvalue weighted by molar-refractivity contribution is 0.0944. The van der Waals surface area contributed by atoms with Crippen molar-refractivity contribution in [1.29, 1.82) is 0 Å². The monoisotopic (exact) mass is 360 g/mol. The number of nitrogens with two attached hydrogens (primary N) is 1. The van der Waals surface area contributed by atoms with Crippen LogP contribution in [0, 0.1) is 12.8 Å². The molecule has 1 aromatic heterocycles. The molecule has 5 nitrogen and oxygen atoms in total. The lowest BCUT2D eigenvalue weighted by atomic mass is 10.1. The Labute approximate surface area is 154 Å². The summed E-state index contributed by atoms with van der Waals surface area (Å²) >= 11 is 0. The summed E-state index contributed by atoms with van der Waals surface area (Å²) in [4.78, 5) is 12.6. The van der Waals surface area contributed by atoms with E-state index in [9.17, 15) is 4.79 Å². The number of amides is 1. The van der Waals surface area contributed by atoms with Gasteiger partial charge in [0, 0.05) is 23.8 Å². The predicted octanol–water partition coefficient (Wildman–Crippen LogP) is 2.56. The van der Waals surface area contributed by atoms with Gasteiger partial charge in [0.1, 0.15) is 0 Å². The molecule has 0 radical (unpaired) electrons. The van der Waals surface area contributed by atoms with Crippen LogP contribution in [0.25, 0.3) is 5.69 Å². The number of carbonyl (C=O) groups excluding carboxylic acids is 1. The molecule has 0 aliphatic heterocycles. The molecule has 6 heteroatoms. The zero-order valence-corrected chi connectivity index (χ0v) is 15.3. The summed E-state index contributed by atoms with van der Waals surface area (Å²) in [6, 6.07) is 8.35. The van der Waals surface area contributed by atoms with Crippen LogP contribution in [0.3, 0.4) is 0 Å². The fourth-order valence-electron chi connectivity index (χ4n) is 3.50. The minimum Gasteiger partial charge on any atom is -0.349 e. The third-order valence-electron chi connectivity index (χ3n) is 5.15. The molecule has 3 N–H and O–H groups in total. The molecule has 134 valence electrons. The largest absolute Gasteiger partial charge is 0.349 e. The standard InChI is InChI=1S/C19H24N4O.ClH/c1-12-5-9-14(10-6-12)23-17-4-2-3-15(17)18(22-23)19(24)21-11-16(20)13-7-8-13;/h5-6,9-10,13,16H,2-4,7-8,11,20H2,1H3,(H,21,24);1H. The molecule has 1 unspecified atom stereocenters. The van der Waals surface area contributed by atoms with Gasteiger partial charge in [0.15, 0.2) is 5.69 Å². The van der Waals surface area contributed by atoms with Gasteiger partial charge in [-0.3, -0.25) is 4.79 Å². The second-order valence-corrected chi connectivity index (χ2v) is 7.09. The van der Waals surface area contributed by atoms with Crippen LogP contribution in [0.5, 0.6) is 0 Å². The van der Waals surface area contributed by atoms with Crippen molar-refractivity contribution in [1.82, 2.24) is 15.1 Å². The second kappa shape index (κ2) is 7.18. The van der Waals surface area contributed by atoms with Gasteiger partial charge in [0.05, 0.1) is 5.69 Å². The first-order valence-corrected chi connectivity index (χ1v) is 8.85. The first-order valence-electron chi connectivity index (χ1n) is 8.85. The van der Waals surface area contributed by atoms with Crippen molar-refractivity contribution in [2.45, 2.75) is 45.1 Å². The number of hydrogen-bond acceptors (Lipinski definition) is 3.